The molecule has 0 amide bonds. The van der Waals surface area contributed by atoms with Crippen molar-refractivity contribution in [3.05, 3.63) is 64.7 Å². The maximum atomic E-state index is 5.41. The van der Waals surface area contributed by atoms with Crippen molar-refractivity contribution in [3.8, 4) is 0 Å². The van der Waals surface area contributed by atoms with Gasteiger partial charge in [-0.15, -0.1) is 0 Å². The van der Waals surface area contributed by atoms with Gasteiger partial charge in [-0.05, 0) is 73.8 Å². The van der Waals surface area contributed by atoms with Crippen LogP contribution in [0, 0.1) is 13.8 Å². The van der Waals surface area contributed by atoms with Crippen LogP contribution < -0.4 is 10.6 Å². The van der Waals surface area contributed by atoms with Gasteiger partial charge < -0.3 is 10.6 Å². The summed E-state index contributed by atoms with van der Waals surface area (Å²) in [5.74, 6) is 0. The Morgan fingerprint density at radius 3 is 2.32 bits per heavy atom. The fraction of sp³-hybridized carbons (Fsp3) is 0.316. The van der Waals surface area contributed by atoms with Crippen LogP contribution >= 0.6 is 12.2 Å². The molecule has 0 aliphatic heterocycles. The van der Waals surface area contributed by atoms with Crippen LogP contribution in [0.2, 0.25) is 0 Å². The average Bonchev–Trinajstić information content (AvgIpc) is 2.50. The molecule has 116 valence electrons. The minimum absolute atomic E-state index is 0.175. The van der Waals surface area contributed by atoms with E-state index in [0.29, 0.717) is 5.11 Å². The molecule has 0 radical (unpaired) electrons. The Kier molecular flexibility index (Phi) is 5.56. The zero-order valence-corrected chi connectivity index (χ0v) is 14.6. The van der Waals surface area contributed by atoms with Crippen LogP contribution in [-0.4, -0.2) is 5.11 Å². The first kappa shape index (κ1) is 16.5. The third-order valence-corrected chi connectivity index (χ3v) is 4.22. The Morgan fingerprint density at radius 1 is 1.05 bits per heavy atom. The molecule has 0 heterocycles. The van der Waals surface area contributed by atoms with Gasteiger partial charge in [0.1, 0.15) is 0 Å². The summed E-state index contributed by atoms with van der Waals surface area (Å²) in [5.41, 5.74) is 6.20. The Balaban J connectivity index is 1.96. The van der Waals surface area contributed by atoms with Crippen LogP contribution in [0.4, 0.5) is 5.69 Å². The van der Waals surface area contributed by atoms with Crippen molar-refractivity contribution in [2.24, 2.45) is 0 Å². The van der Waals surface area contributed by atoms with Crippen LogP contribution in [0.3, 0.4) is 0 Å². The largest absolute Gasteiger partial charge is 0.356 e. The number of hydrogen-bond acceptors (Lipinski definition) is 1. The van der Waals surface area contributed by atoms with Crippen molar-refractivity contribution in [3.63, 3.8) is 0 Å². The summed E-state index contributed by atoms with van der Waals surface area (Å²) in [6.07, 6.45) is 1.05. The van der Waals surface area contributed by atoms with E-state index in [2.05, 4.69) is 80.8 Å². The number of nitrogens with one attached hydrogen (secondary N) is 2. The maximum Gasteiger partial charge on any atom is 0.171 e. The third kappa shape index (κ3) is 4.31. The molecular weight excluding hydrogens is 288 g/mol. The van der Waals surface area contributed by atoms with Gasteiger partial charge in [0.25, 0.3) is 0 Å². The molecule has 0 saturated carbocycles. The van der Waals surface area contributed by atoms with Crippen LogP contribution in [0.15, 0.2) is 42.5 Å². The van der Waals surface area contributed by atoms with Gasteiger partial charge in [-0.2, -0.15) is 0 Å². The molecule has 1 atom stereocenters. The number of rotatable bonds is 4. The summed E-state index contributed by atoms with van der Waals surface area (Å²) >= 11 is 5.41. The van der Waals surface area contributed by atoms with Crippen molar-refractivity contribution in [1.82, 2.24) is 5.32 Å². The van der Waals surface area contributed by atoms with Crippen molar-refractivity contribution in [2.45, 2.75) is 40.2 Å². The first-order chi connectivity index (χ1) is 10.5. The highest BCUT2D eigenvalue weighted by Gasteiger charge is 2.08. The second kappa shape index (κ2) is 7.41. The number of benzene rings is 2. The van der Waals surface area contributed by atoms with Crippen molar-refractivity contribution >= 4 is 23.0 Å². The lowest BCUT2D eigenvalue weighted by molar-refractivity contribution is 0.721. The second-order valence-corrected chi connectivity index (χ2v) is 6.12. The van der Waals surface area contributed by atoms with Gasteiger partial charge >= 0.3 is 0 Å². The van der Waals surface area contributed by atoms with Gasteiger partial charge in [0.05, 0.1) is 6.04 Å². The van der Waals surface area contributed by atoms with E-state index >= 15 is 0 Å². The summed E-state index contributed by atoms with van der Waals surface area (Å²) in [7, 11) is 0. The lowest BCUT2D eigenvalue weighted by Crippen LogP contribution is -2.30. The molecule has 2 aromatic carbocycles. The smallest absolute Gasteiger partial charge is 0.171 e. The van der Waals surface area contributed by atoms with Gasteiger partial charge in [0.2, 0.25) is 0 Å². The first-order valence-electron chi connectivity index (χ1n) is 7.73. The molecule has 2 nitrogen and oxygen atoms in total. The highest BCUT2D eigenvalue weighted by molar-refractivity contribution is 7.80. The third-order valence-electron chi connectivity index (χ3n) is 4.00. The van der Waals surface area contributed by atoms with Crippen molar-refractivity contribution in [1.29, 1.82) is 0 Å². The summed E-state index contributed by atoms with van der Waals surface area (Å²) < 4.78 is 0. The molecule has 0 aliphatic carbocycles. The van der Waals surface area contributed by atoms with Crippen LogP contribution in [0.5, 0.6) is 0 Å². The van der Waals surface area contributed by atoms with E-state index < -0.39 is 0 Å². The highest BCUT2D eigenvalue weighted by Crippen LogP contribution is 2.17. The quantitative estimate of drug-likeness (QED) is 0.784. The standard InChI is InChI=1S/C19H24N2S/c1-5-16-7-10-18(11-8-16)21-19(22)20-15(4)17-9-6-13(2)14(3)12-17/h6-12,15H,5H2,1-4H3,(H2,20,21,22). The topological polar surface area (TPSA) is 24.1 Å². The van der Waals surface area contributed by atoms with E-state index in [0.717, 1.165) is 12.1 Å². The van der Waals surface area contributed by atoms with E-state index in [1.165, 1.54) is 22.3 Å². The molecule has 0 aromatic heterocycles. The van der Waals surface area contributed by atoms with E-state index in [1.54, 1.807) is 0 Å². The SMILES string of the molecule is CCc1ccc(NC(=S)NC(C)c2ccc(C)c(C)c2)cc1. The Labute approximate surface area is 139 Å². The molecule has 0 bridgehead atoms. The highest BCUT2D eigenvalue weighted by atomic mass is 32.1. The molecule has 0 fully saturated rings. The van der Waals surface area contributed by atoms with Crippen LogP contribution in [-0.2, 0) is 6.42 Å². The second-order valence-electron chi connectivity index (χ2n) is 5.71. The number of thiocarbonyl (C=S) groups is 1. The molecule has 2 N–H and O–H groups in total. The predicted octanol–water partition coefficient (Wildman–Crippen LogP) is 4.91. The lowest BCUT2D eigenvalue weighted by atomic mass is 10.0. The van der Waals surface area contributed by atoms with E-state index in [-0.39, 0.29) is 6.04 Å². The van der Waals surface area contributed by atoms with E-state index in [9.17, 15) is 0 Å². The average molecular weight is 312 g/mol. The van der Waals surface area contributed by atoms with Gasteiger partial charge in [-0.3, -0.25) is 0 Å². The normalized spacial score (nSPS) is 11.8. The van der Waals surface area contributed by atoms with Gasteiger partial charge in [0, 0.05) is 5.69 Å². The monoisotopic (exact) mass is 312 g/mol. The lowest BCUT2D eigenvalue weighted by Gasteiger charge is -2.18. The van der Waals surface area contributed by atoms with Crippen LogP contribution in [0.25, 0.3) is 0 Å². The zero-order valence-electron chi connectivity index (χ0n) is 13.7. The molecule has 0 saturated heterocycles. The minimum atomic E-state index is 0.175. The molecule has 0 spiro atoms. The van der Waals surface area contributed by atoms with Crippen molar-refractivity contribution < 1.29 is 0 Å². The first-order valence-corrected chi connectivity index (χ1v) is 8.14. The number of hydrogen-bond donors (Lipinski definition) is 2. The van der Waals surface area contributed by atoms with Gasteiger partial charge in [-0.25, -0.2) is 0 Å². The fourth-order valence-electron chi connectivity index (χ4n) is 2.30. The predicted molar refractivity (Wildman–Crippen MR) is 99.5 cm³/mol. The Bertz CT molecular complexity index is 647. The van der Waals surface area contributed by atoms with Crippen molar-refractivity contribution in [2.75, 3.05) is 5.32 Å². The Morgan fingerprint density at radius 2 is 1.73 bits per heavy atom. The maximum absolute atomic E-state index is 5.41. The number of aryl methyl sites for hydroxylation is 3. The zero-order chi connectivity index (χ0) is 16.1. The summed E-state index contributed by atoms with van der Waals surface area (Å²) in [6.45, 7) is 8.54. The minimum Gasteiger partial charge on any atom is -0.356 e. The van der Waals surface area contributed by atoms with E-state index in [1.807, 2.05) is 0 Å². The van der Waals surface area contributed by atoms with Crippen LogP contribution in [0.1, 0.15) is 42.1 Å². The molecule has 2 rings (SSSR count). The molecular formula is C19H24N2S. The van der Waals surface area contributed by atoms with Gasteiger partial charge in [0.15, 0.2) is 5.11 Å². The number of anilines is 1. The Hall–Kier alpha value is -1.87. The summed E-state index contributed by atoms with van der Waals surface area (Å²) in [5, 5.41) is 7.23. The summed E-state index contributed by atoms with van der Waals surface area (Å²) in [6, 6.07) is 15.1. The van der Waals surface area contributed by atoms with E-state index in [4.69, 9.17) is 12.2 Å². The fourth-order valence-corrected chi connectivity index (χ4v) is 2.60. The molecule has 1 unspecified atom stereocenters. The molecule has 0 aliphatic rings. The van der Waals surface area contributed by atoms with Gasteiger partial charge in [-0.1, -0.05) is 37.3 Å². The molecule has 22 heavy (non-hydrogen) atoms. The molecule has 3 heteroatoms. The summed E-state index contributed by atoms with van der Waals surface area (Å²) in [4.78, 5) is 0. The molecule has 2 aromatic rings.